The van der Waals surface area contributed by atoms with Crippen molar-refractivity contribution in [3.8, 4) is 12.1 Å². The highest BCUT2D eigenvalue weighted by Gasteiger charge is 2.55. The van der Waals surface area contributed by atoms with E-state index in [9.17, 15) is 10.5 Å². The lowest BCUT2D eigenvalue weighted by Gasteiger charge is -2.44. The zero-order valence-corrected chi connectivity index (χ0v) is 17.3. The van der Waals surface area contributed by atoms with E-state index in [1.807, 2.05) is 62.4 Å². The van der Waals surface area contributed by atoms with Gasteiger partial charge in [-0.25, -0.2) is 0 Å². The summed E-state index contributed by atoms with van der Waals surface area (Å²) in [5.74, 6) is -0.631. The summed E-state index contributed by atoms with van der Waals surface area (Å²) in [7, 11) is 0. The van der Waals surface area contributed by atoms with Crippen LogP contribution in [0.3, 0.4) is 0 Å². The van der Waals surface area contributed by atoms with Crippen LogP contribution in [0.15, 0.2) is 59.1 Å². The molecule has 0 saturated heterocycles. The van der Waals surface area contributed by atoms with E-state index in [-0.39, 0.29) is 4.99 Å². The Morgan fingerprint density at radius 3 is 1.93 bits per heavy atom. The summed E-state index contributed by atoms with van der Waals surface area (Å²) >= 11 is 6.73. The SMILES string of the molecule is Cc1ccc([C@H]2C(C#N)=C(N)S[C@@H](c3ccc(C)cc3)[C@@]2(C#N)C(N)=S)cc1. The molecule has 0 unspecified atom stereocenters. The molecule has 0 fully saturated rings. The summed E-state index contributed by atoms with van der Waals surface area (Å²) in [6, 6.07) is 20.2. The molecular formula is C22H20N4S2. The van der Waals surface area contributed by atoms with Gasteiger partial charge in [0.05, 0.1) is 33.0 Å². The van der Waals surface area contributed by atoms with Crippen molar-refractivity contribution in [3.05, 3.63) is 81.4 Å². The highest BCUT2D eigenvalue weighted by atomic mass is 32.2. The first kappa shape index (κ1) is 19.9. The fraction of sp³-hybridized carbons (Fsp3) is 0.227. The summed E-state index contributed by atoms with van der Waals surface area (Å²) in [5.41, 5.74) is 15.5. The smallest absolute Gasteiger partial charge is 0.135 e. The van der Waals surface area contributed by atoms with Gasteiger partial charge in [-0.15, -0.1) is 0 Å². The second kappa shape index (κ2) is 7.67. The lowest BCUT2D eigenvalue weighted by atomic mass is 9.65. The number of allylic oxidation sites excluding steroid dienone is 1. The van der Waals surface area contributed by atoms with Crippen LogP contribution in [0.5, 0.6) is 0 Å². The van der Waals surface area contributed by atoms with Crippen LogP contribution in [0.25, 0.3) is 0 Å². The molecule has 1 aliphatic rings. The van der Waals surface area contributed by atoms with Gasteiger partial charge in [-0.2, -0.15) is 10.5 Å². The molecule has 6 heteroatoms. The Hall–Kier alpha value is -2.80. The van der Waals surface area contributed by atoms with Gasteiger partial charge >= 0.3 is 0 Å². The van der Waals surface area contributed by atoms with Crippen LogP contribution in [0.4, 0.5) is 0 Å². The number of aryl methyl sites for hydroxylation is 2. The predicted octanol–water partition coefficient (Wildman–Crippen LogP) is 4.37. The second-order valence-corrected chi connectivity index (χ2v) is 8.57. The van der Waals surface area contributed by atoms with Crippen molar-refractivity contribution in [1.29, 1.82) is 10.5 Å². The van der Waals surface area contributed by atoms with Gasteiger partial charge in [0, 0.05) is 5.92 Å². The van der Waals surface area contributed by atoms with Gasteiger partial charge in [-0.1, -0.05) is 83.6 Å². The van der Waals surface area contributed by atoms with Crippen molar-refractivity contribution >= 4 is 29.0 Å². The molecule has 3 rings (SSSR count). The number of thioether (sulfide) groups is 1. The van der Waals surface area contributed by atoms with Crippen molar-refractivity contribution in [2.75, 3.05) is 0 Å². The first-order valence-electron chi connectivity index (χ1n) is 8.75. The number of nitrogens with zero attached hydrogens (tertiary/aromatic N) is 2. The first-order chi connectivity index (χ1) is 13.3. The van der Waals surface area contributed by atoms with Crippen LogP contribution in [0, 0.1) is 41.9 Å². The van der Waals surface area contributed by atoms with Crippen LogP contribution in [0.2, 0.25) is 0 Å². The Bertz CT molecular complexity index is 1030. The van der Waals surface area contributed by atoms with Gasteiger partial charge in [0.2, 0.25) is 0 Å². The molecule has 4 nitrogen and oxygen atoms in total. The molecule has 1 aliphatic heterocycles. The van der Waals surface area contributed by atoms with E-state index >= 15 is 0 Å². The number of hydrogen-bond donors (Lipinski definition) is 2. The fourth-order valence-electron chi connectivity index (χ4n) is 3.63. The maximum atomic E-state index is 10.4. The van der Waals surface area contributed by atoms with Crippen molar-refractivity contribution in [3.63, 3.8) is 0 Å². The molecule has 28 heavy (non-hydrogen) atoms. The summed E-state index contributed by atoms with van der Waals surface area (Å²) < 4.78 is 0. The van der Waals surface area contributed by atoms with Crippen molar-refractivity contribution < 1.29 is 0 Å². The lowest BCUT2D eigenvalue weighted by Crippen LogP contribution is -2.47. The first-order valence-corrected chi connectivity index (χ1v) is 10.0. The van der Waals surface area contributed by atoms with Crippen LogP contribution >= 0.6 is 24.0 Å². The normalized spacial score (nSPS) is 24.3. The maximum Gasteiger partial charge on any atom is 0.135 e. The Labute approximate surface area is 174 Å². The number of nitrogens with two attached hydrogens (primary N) is 2. The van der Waals surface area contributed by atoms with E-state index in [1.54, 1.807) is 0 Å². The Morgan fingerprint density at radius 1 is 1.00 bits per heavy atom. The fourth-order valence-corrected chi connectivity index (χ4v) is 5.33. The van der Waals surface area contributed by atoms with Gasteiger partial charge in [0.25, 0.3) is 0 Å². The van der Waals surface area contributed by atoms with Gasteiger partial charge < -0.3 is 11.5 Å². The van der Waals surface area contributed by atoms with E-state index in [0.29, 0.717) is 10.6 Å². The molecular weight excluding hydrogens is 384 g/mol. The molecule has 2 aromatic carbocycles. The lowest BCUT2D eigenvalue weighted by molar-refractivity contribution is 0.462. The molecule has 0 spiro atoms. The minimum atomic E-state index is -1.28. The minimum Gasteiger partial charge on any atom is -0.393 e. The minimum absolute atomic E-state index is 0.0684. The third-order valence-corrected chi connectivity index (χ3v) is 6.86. The number of thiocarbonyl (C=S) groups is 1. The van der Waals surface area contributed by atoms with Crippen LogP contribution in [0.1, 0.15) is 33.4 Å². The van der Waals surface area contributed by atoms with Crippen LogP contribution < -0.4 is 11.5 Å². The molecule has 3 atom stereocenters. The molecule has 140 valence electrons. The largest absolute Gasteiger partial charge is 0.393 e. The summed E-state index contributed by atoms with van der Waals surface area (Å²) in [6.45, 7) is 3.98. The summed E-state index contributed by atoms with van der Waals surface area (Å²) in [5, 5.41) is 20.2. The molecule has 0 aromatic heterocycles. The highest BCUT2D eigenvalue weighted by molar-refractivity contribution is 8.03. The topological polar surface area (TPSA) is 99.6 Å². The predicted molar refractivity (Wildman–Crippen MR) is 117 cm³/mol. The number of benzene rings is 2. The van der Waals surface area contributed by atoms with Gasteiger partial charge in [0.15, 0.2) is 0 Å². The molecule has 4 N–H and O–H groups in total. The highest BCUT2D eigenvalue weighted by Crippen LogP contribution is 2.60. The van der Waals surface area contributed by atoms with Gasteiger partial charge in [0.1, 0.15) is 5.41 Å². The molecule has 0 bridgehead atoms. The molecule has 2 aromatic rings. The third-order valence-electron chi connectivity index (χ3n) is 5.17. The van der Waals surface area contributed by atoms with Crippen molar-refractivity contribution in [2.24, 2.45) is 16.9 Å². The average molecular weight is 405 g/mol. The standard InChI is InChI=1S/C22H20N4S2/c1-13-3-7-15(8-4-13)18-17(11-23)20(25)28-19(22(18,12-24)21(26)27)16-9-5-14(2)6-10-16/h3-10,18-19H,25H2,1-2H3,(H2,26,27)/t18-,19-,22-/m0/s1. The third kappa shape index (κ3) is 3.16. The van der Waals surface area contributed by atoms with E-state index in [0.717, 1.165) is 22.3 Å². The average Bonchev–Trinajstić information content (AvgIpc) is 2.68. The zero-order chi connectivity index (χ0) is 20.5. The molecule has 0 amide bonds. The number of hydrogen-bond acceptors (Lipinski definition) is 5. The second-order valence-electron chi connectivity index (χ2n) is 6.99. The Balaban J connectivity index is 2.32. The Morgan fingerprint density at radius 2 is 1.50 bits per heavy atom. The van der Waals surface area contributed by atoms with E-state index in [2.05, 4.69) is 12.1 Å². The quantitative estimate of drug-likeness (QED) is 0.737. The molecule has 1 heterocycles. The van der Waals surface area contributed by atoms with Crippen LogP contribution in [-0.4, -0.2) is 4.99 Å². The molecule has 0 radical (unpaired) electrons. The number of rotatable bonds is 3. The van der Waals surface area contributed by atoms with Crippen LogP contribution in [-0.2, 0) is 0 Å². The monoisotopic (exact) mass is 404 g/mol. The summed E-state index contributed by atoms with van der Waals surface area (Å²) in [4.78, 5) is 0.0684. The van der Waals surface area contributed by atoms with E-state index < -0.39 is 16.6 Å². The van der Waals surface area contributed by atoms with Gasteiger partial charge in [-0.05, 0) is 25.0 Å². The van der Waals surface area contributed by atoms with Crippen molar-refractivity contribution in [1.82, 2.24) is 0 Å². The van der Waals surface area contributed by atoms with Crippen molar-refractivity contribution in [2.45, 2.75) is 25.0 Å². The molecule has 0 saturated carbocycles. The zero-order valence-electron chi connectivity index (χ0n) is 15.6. The summed E-state index contributed by atoms with van der Waals surface area (Å²) in [6.07, 6.45) is 0. The molecule has 0 aliphatic carbocycles. The maximum absolute atomic E-state index is 10.4. The van der Waals surface area contributed by atoms with E-state index in [1.165, 1.54) is 11.8 Å². The number of nitriles is 2. The van der Waals surface area contributed by atoms with E-state index in [4.69, 9.17) is 23.7 Å². The van der Waals surface area contributed by atoms with Gasteiger partial charge in [-0.3, -0.25) is 0 Å². The Kier molecular flexibility index (Phi) is 5.47.